The van der Waals surface area contributed by atoms with Crippen molar-refractivity contribution in [2.24, 2.45) is 0 Å². The van der Waals surface area contributed by atoms with Gasteiger partial charge in [-0.05, 0) is 12.8 Å². The quantitative estimate of drug-likeness (QED) is 0.513. The van der Waals surface area contributed by atoms with E-state index >= 15 is 0 Å². The molecule has 0 aromatic rings. The molecule has 0 spiro atoms. The third-order valence-electron chi connectivity index (χ3n) is 1.47. The Balaban J connectivity index is 3.80. The Bertz CT molecular complexity index is 238. The van der Waals surface area contributed by atoms with Crippen molar-refractivity contribution in [3.63, 3.8) is 0 Å². The number of carbonyl (C=O) groups excluding carboxylic acids is 2. The Morgan fingerprint density at radius 3 is 2.13 bits per heavy atom. The predicted octanol–water partition coefficient (Wildman–Crippen LogP) is 1.30. The Labute approximate surface area is 89.3 Å². The highest BCUT2D eigenvalue weighted by Gasteiger charge is 2.15. The van der Waals surface area contributed by atoms with E-state index in [1.165, 1.54) is 0 Å². The van der Waals surface area contributed by atoms with Gasteiger partial charge >= 0.3 is 11.9 Å². The second kappa shape index (κ2) is 7.96. The number of esters is 2. The van der Waals surface area contributed by atoms with Gasteiger partial charge in [-0.15, -0.1) is 0 Å². The lowest BCUT2D eigenvalue weighted by Crippen LogP contribution is -2.21. The molecule has 0 unspecified atom stereocenters. The van der Waals surface area contributed by atoms with E-state index in [0.29, 0.717) is 13.0 Å². The predicted molar refractivity (Wildman–Crippen MR) is 54.8 cm³/mol. The van der Waals surface area contributed by atoms with E-state index in [9.17, 15) is 9.59 Å². The van der Waals surface area contributed by atoms with E-state index < -0.39 is 11.9 Å². The molecule has 0 aromatic heterocycles. The van der Waals surface area contributed by atoms with Crippen LogP contribution in [0.1, 0.15) is 33.1 Å². The minimum Gasteiger partial charge on any atom is -0.465 e. The van der Waals surface area contributed by atoms with Crippen LogP contribution in [0.5, 0.6) is 0 Å². The highest BCUT2D eigenvalue weighted by Crippen LogP contribution is 1.94. The molecule has 0 rings (SSSR count). The highest BCUT2D eigenvalue weighted by molar-refractivity contribution is 6.38. The molecule has 0 aromatic carbocycles. The maximum Gasteiger partial charge on any atom is 0.352 e. The van der Waals surface area contributed by atoms with Gasteiger partial charge in [-0.3, -0.25) is 10.2 Å². The second-order valence-electron chi connectivity index (χ2n) is 3.01. The van der Waals surface area contributed by atoms with E-state index in [1.807, 2.05) is 13.8 Å². The summed E-state index contributed by atoms with van der Waals surface area (Å²) in [7, 11) is 0. The molecule has 1 N–H and O–H groups in total. The molecule has 0 saturated heterocycles. The number of ether oxygens (including phenoxy) is 2. The fraction of sp³-hybridized carbons (Fsp3) is 0.700. The van der Waals surface area contributed by atoms with Crippen LogP contribution < -0.4 is 0 Å². The van der Waals surface area contributed by atoms with Gasteiger partial charge in [0.15, 0.2) is 0 Å². The van der Waals surface area contributed by atoms with Crippen molar-refractivity contribution in [1.29, 1.82) is 5.41 Å². The number of carbonyl (C=O) groups is 2. The second-order valence-corrected chi connectivity index (χ2v) is 3.01. The molecule has 0 atom stereocenters. The van der Waals surface area contributed by atoms with E-state index in [4.69, 9.17) is 10.1 Å². The van der Waals surface area contributed by atoms with Crippen molar-refractivity contribution in [1.82, 2.24) is 0 Å². The fourth-order valence-electron chi connectivity index (χ4n) is 0.765. The van der Waals surface area contributed by atoms with Gasteiger partial charge in [-0.1, -0.05) is 13.8 Å². The highest BCUT2D eigenvalue weighted by atomic mass is 16.5. The summed E-state index contributed by atoms with van der Waals surface area (Å²) in [5, 5.41) is 7.26. The first-order chi connectivity index (χ1) is 7.11. The van der Waals surface area contributed by atoms with Crippen LogP contribution in [-0.2, 0) is 19.1 Å². The average Bonchev–Trinajstić information content (AvgIpc) is 2.22. The maximum atomic E-state index is 11.1. The van der Waals surface area contributed by atoms with Gasteiger partial charge in [0.2, 0.25) is 0 Å². The summed E-state index contributed by atoms with van der Waals surface area (Å²) < 4.78 is 9.42. The Kier molecular flexibility index (Phi) is 7.23. The summed E-state index contributed by atoms with van der Waals surface area (Å²) in [6, 6.07) is 0. The molecule has 0 radical (unpaired) electrons. The molecule has 0 aliphatic carbocycles. The van der Waals surface area contributed by atoms with Gasteiger partial charge < -0.3 is 9.47 Å². The summed E-state index contributed by atoms with van der Waals surface area (Å²) in [5.74, 6) is -1.31. The zero-order valence-electron chi connectivity index (χ0n) is 9.17. The standard InChI is InChI=1S/C10H17NO4/c1-3-5-14-9(12)7-8(11)10(13)15-6-4-2/h11H,3-7H2,1-2H3. The van der Waals surface area contributed by atoms with Gasteiger partial charge in [0.1, 0.15) is 5.71 Å². The van der Waals surface area contributed by atoms with Crippen molar-refractivity contribution in [3.8, 4) is 0 Å². The molecule has 5 nitrogen and oxygen atoms in total. The van der Waals surface area contributed by atoms with Crippen LogP contribution in [0.3, 0.4) is 0 Å². The Morgan fingerprint density at radius 1 is 1.07 bits per heavy atom. The van der Waals surface area contributed by atoms with E-state index in [0.717, 1.165) is 6.42 Å². The molecule has 5 heteroatoms. The number of hydrogen-bond acceptors (Lipinski definition) is 5. The summed E-state index contributed by atoms with van der Waals surface area (Å²) in [6.07, 6.45) is 1.10. The monoisotopic (exact) mass is 215 g/mol. The smallest absolute Gasteiger partial charge is 0.352 e. The van der Waals surface area contributed by atoms with Gasteiger partial charge in [-0.2, -0.15) is 0 Å². The lowest BCUT2D eigenvalue weighted by molar-refractivity contribution is -0.143. The first-order valence-corrected chi connectivity index (χ1v) is 5.02. The first-order valence-electron chi connectivity index (χ1n) is 5.02. The van der Waals surface area contributed by atoms with Crippen molar-refractivity contribution < 1.29 is 19.1 Å². The van der Waals surface area contributed by atoms with E-state index in [1.54, 1.807) is 0 Å². The van der Waals surface area contributed by atoms with Crippen LogP contribution in [0.2, 0.25) is 0 Å². The maximum absolute atomic E-state index is 11.1. The molecule has 15 heavy (non-hydrogen) atoms. The normalized spacial score (nSPS) is 9.47. The van der Waals surface area contributed by atoms with Crippen LogP contribution in [-0.4, -0.2) is 30.9 Å². The third-order valence-corrected chi connectivity index (χ3v) is 1.47. The molecule has 0 amide bonds. The molecule has 0 heterocycles. The number of nitrogens with one attached hydrogen (secondary N) is 1. The van der Waals surface area contributed by atoms with Crippen molar-refractivity contribution in [2.75, 3.05) is 13.2 Å². The molecular weight excluding hydrogens is 198 g/mol. The number of hydrogen-bond donors (Lipinski definition) is 1. The minimum absolute atomic E-state index is 0.269. The van der Waals surface area contributed by atoms with Gasteiger partial charge in [0.05, 0.1) is 19.6 Å². The molecule has 0 fully saturated rings. The van der Waals surface area contributed by atoms with Crippen molar-refractivity contribution in [3.05, 3.63) is 0 Å². The first kappa shape index (κ1) is 13.6. The molecular formula is C10H17NO4. The Morgan fingerprint density at radius 2 is 1.60 bits per heavy atom. The van der Waals surface area contributed by atoms with Crippen LogP contribution in [0.15, 0.2) is 0 Å². The summed E-state index contributed by atoms with van der Waals surface area (Å²) in [6.45, 7) is 4.31. The van der Waals surface area contributed by atoms with E-state index in [2.05, 4.69) is 4.74 Å². The molecule has 0 aliphatic heterocycles. The zero-order chi connectivity index (χ0) is 11.7. The van der Waals surface area contributed by atoms with Gasteiger partial charge in [0.25, 0.3) is 0 Å². The summed E-state index contributed by atoms with van der Waals surface area (Å²) in [4.78, 5) is 22.1. The fourth-order valence-corrected chi connectivity index (χ4v) is 0.765. The molecule has 86 valence electrons. The van der Waals surface area contributed by atoms with Gasteiger partial charge in [0, 0.05) is 0 Å². The molecule has 0 aliphatic rings. The molecule has 0 bridgehead atoms. The largest absolute Gasteiger partial charge is 0.465 e. The SMILES string of the molecule is CCCOC(=O)CC(=N)C(=O)OCCC. The van der Waals surface area contributed by atoms with Crippen LogP contribution >= 0.6 is 0 Å². The Hall–Kier alpha value is -1.39. The minimum atomic E-state index is -0.745. The molecule has 0 saturated carbocycles. The zero-order valence-corrected chi connectivity index (χ0v) is 9.17. The van der Waals surface area contributed by atoms with Gasteiger partial charge in [-0.25, -0.2) is 4.79 Å². The van der Waals surface area contributed by atoms with Crippen molar-refractivity contribution >= 4 is 17.7 Å². The summed E-state index contributed by atoms with van der Waals surface area (Å²) >= 11 is 0. The topological polar surface area (TPSA) is 76.5 Å². The van der Waals surface area contributed by atoms with Crippen molar-refractivity contribution in [2.45, 2.75) is 33.1 Å². The lowest BCUT2D eigenvalue weighted by Gasteiger charge is -2.04. The summed E-state index contributed by atoms with van der Waals surface area (Å²) in [5.41, 5.74) is -0.357. The lowest BCUT2D eigenvalue weighted by atomic mass is 10.3. The van der Waals surface area contributed by atoms with Crippen LogP contribution in [0, 0.1) is 5.41 Å². The van der Waals surface area contributed by atoms with Crippen LogP contribution in [0.25, 0.3) is 0 Å². The number of rotatable bonds is 7. The average molecular weight is 215 g/mol. The van der Waals surface area contributed by atoms with Crippen LogP contribution in [0.4, 0.5) is 0 Å². The third kappa shape index (κ3) is 6.65. The van der Waals surface area contributed by atoms with E-state index in [-0.39, 0.29) is 18.7 Å².